The van der Waals surface area contributed by atoms with E-state index in [1.807, 2.05) is 18.2 Å². The number of hydrogen-bond donors (Lipinski definition) is 0. The Bertz CT molecular complexity index is 413. The van der Waals surface area contributed by atoms with E-state index in [1.165, 1.54) is 5.69 Å². The van der Waals surface area contributed by atoms with Crippen LogP contribution >= 0.6 is 0 Å². The maximum Gasteiger partial charge on any atom is 0.137 e. The second-order valence-corrected chi connectivity index (χ2v) is 6.16. The van der Waals surface area contributed by atoms with Crippen molar-refractivity contribution in [2.45, 2.75) is 33.1 Å². The molecule has 0 radical (unpaired) electrons. The van der Waals surface area contributed by atoms with Gasteiger partial charge >= 0.3 is 0 Å². The molecule has 0 N–H and O–H groups in total. The summed E-state index contributed by atoms with van der Waals surface area (Å²) in [6.07, 6.45) is 2.92. The summed E-state index contributed by atoms with van der Waals surface area (Å²) in [4.78, 5) is 14.3. The van der Waals surface area contributed by atoms with Crippen molar-refractivity contribution in [2.24, 2.45) is 17.8 Å². The number of hydrogen-bond acceptors (Lipinski definition) is 2. The quantitative estimate of drug-likeness (QED) is 0.820. The number of ketones is 1. The Morgan fingerprint density at radius 3 is 2.58 bits per heavy atom. The Labute approximate surface area is 116 Å². The zero-order chi connectivity index (χ0) is 13.8. The van der Waals surface area contributed by atoms with Crippen molar-refractivity contribution >= 4 is 11.5 Å². The number of nitrogens with zero attached hydrogens (tertiary/aromatic N) is 1. The fraction of sp³-hybridized carbons (Fsp3) is 0.588. The number of carbonyl (C=O) groups is 1. The number of anilines is 1. The van der Waals surface area contributed by atoms with Gasteiger partial charge in [-0.25, -0.2) is 0 Å². The molecule has 1 aromatic rings. The van der Waals surface area contributed by atoms with Crippen molar-refractivity contribution in [3.63, 3.8) is 0 Å². The topological polar surface area (TPSA) is 20.3 Å². The van der Waals surface area contributed by atoms with Crippen molar-refractivity contribution in [1.29, 1.82) is 0 Å². The van der Waals surface area contributed by atoms with E-state index < -0.39 is 0 Å². The molecule has 19 heavy (non-hydrogen) atoms. The molecule has 2 unspecified atom stereocenters. The highest BCUT2D eigenvalue weighted by Gasteiger charge is 2.30. The summed E-state index contributed by atoms with van der Waals surface area (Å²) in [6, 6.07) is 10.3. The minimum Gasteiger partial charge on any atom is -0.374 e. The summed E-state index contributed by atoms with van der Waals surface area (Å²) in [5.74, 6) is 2.08. The molecule has 0 spiro atoms. The maximum absolute atomic E-state index is 12.1. The fourth-order valence-corrected chi connectivity index (χ4v) is 3.05. The highest BCUT2D eigenvalue weighted by Crippen LogP contribution is 2.32. The Morgan fingerprint density at radius 1 is 1.26 bits per heavy atom. The van der Waals surface area contributed by atoms with Crippen LogP contribution in [0.2, 0.25) is 0 Å². The standard InChI is InChI=1S/C17H25NO/c1-13(2)14-9-10-17(19)15(11-14)12-18(3)16-7-5-4-6-8-16/h4-8,13-15H,9-12H2,1-3H3. The van der Waals surface area contributed by atoms with Crippen LogP contribution in [-0.2, 0) is 4.79 Å². The first-order chi connectivity index (χ1) is 9.08. The molecule has 1 fully saturated rings. The van der Waals surface area contributed by atoms with Gasteiger partial charge in [-0.15, -0.1) is 0 Å². The summed E-state index contributed by atoms with van der Waals surface area (Å²) in [6.45, 7) is 5.41. The van der Waals surface area contributed by atoms with Crippen molar-refractivity contribution in [2.75, 3.05) is 18.5 Å². The van der Waals surface area contributed by atoms with E-state index in [2.05, 4.69) is 37.9 Å². The fourth-order valence-electron chi connectivity index (χ4n) is 3.05. The molecular formula is C17H25NO. The van der Waals surface area contributed by atoms with E-state index in [0.717, 1.165) is 25.8 Å². The molecule has 1 saturated carbocycles. The minimum atomic E-state index is 0.214. The number of para-hydroxylation sites is 1. The molecule has 1 aliphatic rings. The van der Waals surface area contributed by atoms with E-state index >= 15 is 0 Å². The van der Waals surface area contributed by atoms with Gasteiger partial charge in [0, 0.05) is 31.6 Å². The summed E-state index contributed by atoms with van der Waals surface area (Å²) in [7, 11) is 2.08. The molecule has 0 amide bonds. The van der Waals surface area contributed by atoms with E-state index in [1.54, 1.807) is 0 Å². The first-order valence-corrected chi connectivity index (χ1v) is 7.37. The van der Waals surface area contributed by atoms with Gasteiger partial charge in [-0.05, 0) is 36.8 Å². The normalized spacial score (nSPS) is 23.7. The van der Waals surface area contributed by atoms with Crippen LogP contribution in [0.5, 0.6) is 0 Å². The Balaban J connectivity index is 1.99. The van der Waals surface area contributed by atoms with Crippen LogP contribution in [0.15, 0.2) is 30.3 Å². The predicted molar refractivity (Wildman–Crippen MR) is 80.4 cm³/mol. The first-order valence-electron chi connectivity index (χ1n) is 7.37. The largest absolute Gasteiger partial charge is 0.374 e. The predicted octanol–water partition coefficient (Wildman–Crippen LogP) is 3.76. The number of benzene rings is 1. The smallest absolute Gasteiger partial charge is 0.137 e. The van der Waals surface area contributed by atoms with Crippen LogP contribution in [0.1, 0.15) is 33.1 Å². The monoisotopic (exact) mass is 259 g/mol. The average Bonchev–Trinajstić information content (AvgIpc) is 2.42. The van der Waals surface area contributed by atoms with Gasteiger partial charge in [0.1, 0.15) is 5.78 Å². The minimum absolute atomic E-state index is 0.214. The summed E-state index contributed by atoms with van der Waals surface area (Å²) in [5, 5.41) is 0. The number of carbonyl (C=O) groups excluding carboxylic acids is 1. The molecule has 104 valence electrons. The molecule has 2 atom stereocenters. The Morgan fingerprint density at radius 2 is 1.95 bits per heavy atom. The first kappa shape index (κ1) is 14.1. The highest BCUT2D eigenvalue weighted by molar-refractivity contribution is 5.82. The van der Waals surface area contributed by atoms with Crippen LogP contribution in [-0.4, -0.2) is 19.4 Å². The zero-order valence-electron chi connectivity index (χ0n) is 12.3. The highest BCUT2D eigenvalue weighted by atomic mass is 16.1. The van der Waals surface area contributed by atoms with Crippen molar-refractivity contribution in [1.82, 2.24) is 0 Å². The SMILES string of the molecule is CC(C)C1CCC(=O)C(CN(C)c2ccccc2)C1. The molecule has 1 aromatic carbocycles. The van der Waals surface area contributed by atoms with E-state index in [-0.39, 0.29) is 5.92 Å². The molecular weight excluding hydrogens is 234 g/mol. The summed E-state index contributed by atoms with van der Waals surface area (Å²) in [5.41, 5.74) is 1.20. The molecule has 0 bridgehead atoms. The lowest BCUT2D eigenvalue weighted by Gasteiger charge is -2.33. The van der Waals surface area contributed by atoms with E-state index in [9.17, 15) is 4.79 Å². The van der Waals surface area contributed by atoms with Gasteiger partial charge in [0.05, 0.1) is 0 Å². The molecule has 2 nitrogen and oxygen atoms in total. The average molecular weight is 259 g/mol. The second-order valence-electron chi connectivity index (χ2n) is 6.16. The molecule has 0 saturated heterocycles. The van der Waals surface area contributed by atoms with E-state index in [0.29, 0.717) is 17.6 Å². The number of Topliss-reactive ketones (excluding diaryl/α,β-unsaturated/α-hetero) is 1. The van der Waals surface area contributed by atoms with Gasteiger partial charge in [-0.3, -0.25) is 4.79 Å². The molecule has 0 aliphatic heterocycles. The summed E-state index contributed by atoms with van der Waals surface area (Å²) < 4.78 is 0. The lowest BCUT2D eigenvalue weighted by molar-refractivity contribution is -0.125. The Hall–Kier alpha value is -1.31. The van der Waals surface area contributed by atoms with E-state index in [4.69, 9.17) is 0 Å². The van der Waals surface area contributed by atoms with Gasteiger partial charge < -0.3 is 4.90 Å². The van der Waals surface area contributed by atoms with Gasteiger partial charge in [0.25, 0.3) is 0 Å². The van der Waals surface area contributed by atoms with Crippen molar-refractivity contribution < 1.29 is 4.79 Å². The van der Waals surface area contributed by atoms with Crippen LogP contribution in [0.4, 0.5) is 5.69 Å². The third kappa shape index (κ3) is 3.59. The van der Waals surface area contributed by atoms with Crippen LogP contribution in [0.25, 0.3) is 0 Å². The van der Waals surface area contributed by atoms with Crippen LogP contribution in [0, 0.1) is 17.8 Å². The Kier molecular flexibility index (Phi) is 4.62. The zero-order valence-corrected chi connectivity index (χ0v) is 12.3. The van der Waals surface area contributed by atoms with Gasteiger partial charge in [-0.2, -0.15) is 0 Å². The lowest BCUT2D eigenvalue weighted by Crippen LogP contribution is -2.36. The van der Waals surface area contributed by atoms with Crippen LogP contribution < -0.4 is 4.90 Å². The molecule has 1 aliphatic carbocycles. The molecule has 2 heteroatoms. The molecule has 0 aromatic heterocycles. The van der Waals surface area contributed by atoms with Gasteiger partial charge in [0.15, 0.2) is 0 Å². The van der Waals surface area contributed by atoms with Gasteiger partial charge in [-0.1, -0.05) is 32.0 Å². The third-order valence-corrected chi connectivity index (χ3v) is 4.44. The van der Waals surface area contributed by atoms with Crippen LogP contribution in [0.3, 0.4) is 0 Å². The van der Waals surface area contributed by atoms with Crippen molar-refractivity contribution in [3.05, 3.63) is 30.3 Å². The third-order valence-electron chi connectivity index (χ3n) is 4.44. The number of rotatable bonds is 4. The van der Waals surface area contributed by atoms with Crippen molar-refractivity contribution in [3.8, 4) is 0 Å². The van der Waals surface area contributed by atoms with Gasteiger partial charge in [0.2, 0.25) is 0 Å². The lowest BCUT2D eigenvalue weighted by atomic mass is 9.75. The molecule has 0 heterocycles. The molecule has 2 rings (SSSR count). The maximum atomic E-state index is 12.1. The second kappa shape index (κ2) is 6.23. The summed E-state index contributed by atoms with van der Waals surface area (Å²) >= 11 is 0.